The largest absolute Gasteiger partial charge is 0.493 e. The lowest BCUT2D eigenvalue weighted by Crippen LogP contribution is -2.51. The molecule has 33 heavy (non-hydrogen) atoms. The van der Waals surface area contributed by atoms with E-state index in [2.05, 4.69) is 35.3 Å². The van der Waals surface area contributed by atoms with Crippen LogP contribution >= 0.6 is 0 Å². The molecule has 0 aromatic heterocycles. The number of nitrogens with zero attached hydrogens (tertiary/aromatic N) is 2. The number of fused-ring (bicyclic) bond motifs is 1. The van der Waals surface area contributed by atoms with E-state index in [-0.39, 0.29) is 5.25 Å². The highest BCUT2D eigenvalue weighted by atomic mass is 32.2. The van der Waals surface area contributed by atoms with E-state index >= 15 is 0 Å². The van der Waals surface area contributed by atoms with Gasteiger partial charge >= 0.3 is 0 Å². The van der Waals surface area contributed by atoms with Crippen molar-refractivity contribution < 1.29 is 13.2 Å². The fourth-order valence-electron chi connectivity index (χ4n) is 5.50. The van der Waals surface area contributed by atoms with E-state index in [1.807, 2.05) is 6.07 Å². The molecule has 0 saturated carbocycles. The number of nitrogens with one attached hydrogen (secondary N) is 1. The average molecular weight is 466 g/mol. The van der Waals surface area contributed by atoms with Crippen molar-refractivity contribution >= 4 is 9.84 Å². The highest BCUT2D eigenvalue weighted by Gasteiger charge is 2.36. The number of nitriles is 1. The Balaban J connectivity index is 1.17. The fourth-order valence-corrected chi connectivity index (χ4v) is 7.08. The molecule has 0 spiro atoms. The van der Waals surface area contributed by atoms with Gasteiger partial charge in [0, 0.05) is 37.6 Å². The van der Waals surface area contributed by atoms with Gasteiger partial charge in [-0.1, -0.05) is 6.07 Å². The van der Waals surface area contributed by atoms with Gasteiger partial charge in [-0.15, -0.1) is 0 Å². The van der Waals surface area contributed by atoms with E-state index in [1.165, 1.54) is 11.1 Å². The van der Waals surface area contributed by atoms with Gasteiger partial charge in [0.2, 0.25) is 0 Å². The Morgan fingerprint density at radius 3 is 2.64 bits per heavy atom. The summed E-state index contributed by atoms with van der Waals surface area (Å²) in [7, 11) is -3.24. The van der Waals surface area contributed by atoms with E-state index in [1.54, 1.807) is 24.3 Å². The normalized spacial score (nSPS) is 25.8. The zero-order valence-electron chi connectivity index (χ0n) is 19.0. The van der Waals surface area contributed by atoms with E-state index in [4.69, 9.17) is 4.74 Å². The predicted octanol–water partition coefficient (Wildman–Crippen LogP) is 2.95. The van der Waals surface area contributed by atoms with Gasteiger partial charge in [0.05, 0.1) is 28.4 Å². The number of hydrogen-bond donors (Lipinski definition) is 1. The van der Waals surface area contributed by atoms with Crippen LogP contribution in [0.15, 0.2) is 47.4 Å². The molecule has 1 unspecified atom stereocenters. The second-order valence-electron chi connectivity index (χ2n) is 9.75. The molecule has 2 heterocycles. The molecular formula is C26H31N3O3S. The summed E-state index contributed by atoms with van der Waals surface area (Å²) in [5, 5.41) is 11.9. The van der Waals surface area contributed by atoms with Gasteiger partial charge < -0.3 is 10.1 Å². The molecule has 0 bridgehead atoms. The van der Waals surface area contributed by atoms with Crippen LogP contribution in [0, 0.1) is 17.2 Å². The Kier molecular flexibility index (Phi) is 6.17. The summed E-state index contributed by atoms with van der Waals surface area (Å²) in [6.45, 7) is 5.02. The molecule has 2 fully saturated rings. The van der Waals surface area contributed by atoms with Gasteiger partial charge in [-0.2, -0.15) is 5.26 Å². The van der Waals surface area contributed by atoms with Crippen LogP contribution in [0.1, 0.15) is 36.5 Å². The molecule has 6 nitrogen and oxygen atoms in total. The van der Waals surface area contributed by atoms with Crippen LogP contribution < -0.4 is 10.1 Å². The molecule has 1 aliphatic carbocycles. The number of hydrogen-bond acceptors (Lipinski definition) is 6. The molecule has 2 aromatic rings. The Morgan fingerprint density at radius 2 is 1.94 bits per heavy atom. The lowest BCUT2D eigenvalue weighted by Gasteiger charge is -2.35. The first-order chi connectivity index (χ1) is 15.9. The smallest absolute Gasteiger partial charge is 0.183 e. The number of likely N-dealkylation sites (tertiary alicyclic amines) is 1. The van der Waals surface area contributed by atoms with Crippen molar-refractivity contribution in [2.24, 2.45) is 5.92 Å². The van der Waals surface area contributed by atoms with Gasteiger partial charge in [0.25, 0.3) is 0 Å². The summed E-state index contributed by atoms with van der Waals surface area (Å²) in [5.74, 6) is 1.18. The maximum absolute atomic E-state index is 12.5. The number of ether oxygens (including phenoxy) is 1. The monoisotopic (exact) mass is 465 g/mol. The lowest BCUT2D eigenvalue weighted by atomic mass is 9.86. The molecule has 7 heteroatoms. The van der Waals surface area contributed by atoms with Gasteiger partial charge in [0.15, 0.2) is 9.84 Å². The van der Waals surface area contributed by atoms with E-state index in [0.29, 0.717) is 42.6 Å². The van der Waals surface area contributed by atoms with Crippen molar-refractivity contribution in [3.05, 3.63) is 59.2 Å². The fraction of sp³-hybridized carbons (Fsp3) is 0.500. The van der Waals surface area contributed by atoms with Crippen LogP contribution in [0.5, 0.6) is 5.75 Å². The highest BCUT2D eigenvalue weighted by Crippen LogP contribution is 2.32. The molecule has 2 aromatic carbocycles. The molecule has 3 atom stereocenters. The first kappa shape index (κ1) is 22.4. The third-order valence-corrected chi connectivity index (χ3v) is 9.68. The van der Waals surface area contributed by atoms with Crippen LogP contribution in [0.3, 0.4) is 0 Å². The minimum absolute atomic E-state index is 0.312. The first-order valence-electron chi connectivity index (χ1n) is 11.9. The van der Waals surface area contributed by atoms with Crippen LogP contribution in [-0.2, 0) is 22.7 Å². The molecule has 0 radical (unpaired) electrons. The van der Waals surface area contributed by atoms with Crippen LogP contribution in [0.2, 0.25) is 0 Å². The van der Waals surface area contributed by atoms with Crippen LogP contribution in [0.4, 0.5) is 0 Å². The average Bonchev–Trinajstić information content (AvgIpc) is 3.16. The van der Waals surface area contributed by atoms with Crippen molar-refractivity contribution in [3.8, 4) is 11.8 Å². The Hall–Kier alpha value is -2.40. The maximum atomic E-state index is 12.5. The Labute approximate surface area is 196 Å². The summed E-state index contributed by atoms with van der Waals surface area (Å²) in [6, 6.07) is 16.3. The summed E-state index contributed by atoms with van der Waals surface area (Å²) in [4.78, 5) is 3.00. The molecule has 5 rings (SSSR count). The van der Waals surface area contributed by atoms with Gasteiger partial charge in [-0.3, -0.25) is 4.90 Å². The number of benzene rings is 2. The number of sulfone groups is 1. The SMILES string of the molecule is C[C@@H]1C[C@H](COc2ccc(S(=O)(=O)C3CNC3)cc2)CN1C1CCc2ccc(C#N)cc2C1. The number of rotatable bonds is 6. The van der Waals surface area contributed by atoms with Crippen LogP contribution in [-0.4, -0.2) is 56.9 Å². The van der Waals surface area contributed by atoms with E-state index in [9.17, 15) is 13.7 Å². The summed E-state index contributed by atoms with van der Waals surface area (Å²) >= 11 is 0. The van der Waals surface area contributed by atoms with E-state index in [0.717, 1.165) is 43.5 Å². The second kappa shape index (κ2) is 9.09. The second-order valence-corrected chi connectivity index (χ2v) is 12.0. The van der Waals surface area contributed by atoms with Crippen LogP contribution in [0.25, 0.3) is 0 Å². The van der Waals surface area contributed by atoms with Gasteiger partial charge in [0.1, 0.15) is 5.75 Å². The quantitative estimate of drug-likeness (QED) is 0.706. The van der Waals surface area contributed by atoms with Crippen molar-refractivity contribution in [1.29, 1.82) is 5.26 Å². The topological polar surface area (TPSA) is 82.4 Å². The minimum atomic E-state index is -3.24. The molecule has 2 aliphatic heterocycles. The molecule has 1 N–H and O–H groups in total. The van der Waals surface area contributed by atoms with Crippen molar-refractivity contribution in [2.75, 3.05) is 26.2 Å². The van der Waals surface area contributed by atoms with Gasteiger partial charge in [-0.05, 0) is 80.1 Å². The summed E-state index contributed by atoms with van der Waals surface area (Å²) in [6.07, 6.45) is 4.34. The third-order valence-electron chi connectivity index (χ3n) is 7.54. The molecule has 174 valence electrons. The lowest BCUT2D eigenvalue weighted by molar-refractivity contribution is 0.164. The van der Waals surface area contributed by atoms with Gasteiger partial charge in [-0.25, -0.2) is 8.42 Å². The Bertz CT molecular complexity index is 1150. The molecular weight excluding hydrogens is 434 g/mol. The minimum Gasteiger partial charge on any atom is -0.493 e. The molecule has 3 aliphatic rings. The summed E-state index contributed by atoms with van der Waals surface area (Å²) < 4.78 is 31.1. The van der Waals surface area contributed by atoms with E-state index < -0.39 is 9.84 Å². The van der Waals surface area contributed by atoms with Crippen molar-refractivity contribution in [2.45, 2.75) is 54.8 Å². The zero-order valence-corrected chi connectivity index (χ0v) is 19.9. The predicted molar refractivity (Wildman–Crippen MR) is 127 cm³/mol. The number of aryl methyl sites for hydroxylation is 1. The Morgan fingerprint density at radius 1 is 1.15 bits per heavy atom. The maximum Gasteiger partial charge on any atom is 0.183 e. The van der Waals surface area contributed by atoms with Crippen molar-refractivity contribution in [1.82, 2.24) is 10.2 Å². The van der Waals surface area contributed by atoms with Crippen molar-refractivity contribution in [3.63, 3.8) is 0 Å². The first-order valence-corrected chi connectivity index (χ1v) is 13.4. The highest BCUT2D eigenvalue weighted by molar-refractivity contribution is 7.92. The standard InChI is InChI=1S/C26H31N3O3S/c1-18-10-20(16-29(18)23-5-4-21-3-2-19(13-27)11-22(21)12-23)17-32-24-6-8-25(9-7-24)33(30,31)26-14-28-15-26/h2-3,6-9,11,18,20,23,26,28H,4-5,10,12,14-17H2,1H3/t18-,20+,23?/m1/s1. The molecule has 0 amide bonds. The molecule has 2 saturated heterocycles. The zero-order chi connectivity index (χ0) is 23.0. The summed E-state index contributed by atoms with van der Waals surface area (Å²) in [5.41, 5.74) is 3.46. The third kappa shape index (κ3) is 4.52.